The van der Waals surface area contributed by atoms with E-state index in [1.54, 1.807) is 17.0 Å². The van der Waals surface area contributed by atoms with Crippen LogP contribution in [0.15, 0.2) is 18.2 Å². The maximum atomic E-state index is 12.5. The largest absolute Gasteiger partial charge is 0.342 e. The van der Waals surface area contributed by atoms with Crippen LogP contribution in [0.3, 0.4) is 0 Å². The molecule has 2 rings (SSSR count). The fourth-order valence-corrected chi connectivity index (χ4v) is 4.30. The van der Waals surface area contributed by atoms with Gasteiger partial charge >= 0.3 is 0 Å². The molecule has 0 aliphatic carbocycles. The summed E-state index contributed by atoms with van der Waals surface area (Å²) in [6.45, 7) is 4.87. The van der Waals surface area contributed by atoms with Crippen molar-refractivity contribution >= 4 is 38.9 Å². The van der Waals surface area contributed by atoms with Crippen molar-refractivity contribution < 1.29 is 13.2 Å². The number of piperidine rings is 1. The highest BCUT2D eigenvalue weighted by Crippen LogP contribution is 2.25. The van der Waals surface area contributed by atoms with Crippen molar-refractivity contribution in [3.05, 3.63) is 33.8 Å². The van der Waals surface area contributed by atoms with Crippen LogP contribution in [-0.4, -0.2) is 37.6 Å². The van der Waals surface area contributed by atoms with Gasteiger partial charge in [0.25, 0.3) is 0 Å². The first-order valence-corrected chi connectivity index (χ1v) is 10.1. The number of rotatable bonds is 4. The van der Waals surface area contributed by atoms with Gasteiger partial charge in [0.1, 0.15) is 5.25 Å². The first-order valence-electron chi connectivity index (χ1n) is 7.65. The van der Waals surface area contributed by atoms with Gasteiger partial charge in [0.05, 0.1) is 15.8 Å². The Kier molecular flexibility index (Phi) is 5.98. The van der Waals surface area contributed by atoms with Crippen LogP contribution in [0.25, 0.3) is 0 Å². The lowest BCUT2D eigenvalue weighted by molar-refractivity contribution is -0.131. The quantitative estimate of drug-likeness (QED) is 0.805. The minimum Gasteiger partial charge on any atom is -0.342 e. The molecule has 1 heterocycles. The smallest absolute Gasteiger partial charge is 0.240 e. The number of hydrogen-bond acceptors (Lipinski definition) is 3. The molecule has 0 N–H and O–H groups in total. The van der Waals surface area contributed by atoms with Crippen LogP contribution in [0.4, 0.5) is 0 Å². The summed E-state index contributed by atoms with van der Waals surface area (Å²) in [6, 6.07) is 4.71. The molecule has 7 heteroatoms. The molecule has 0 radical (unpaired) electrons. The first-order chi connectivity index (χ1) is 10.7. The van der Waals surface area contributed by atoms with E-state index in [-0.39, 0.29) is 11.7 Å². The number of benzene rings is 1. The van der Waals surface area contributed by atoms with E-state index in [9.17, 15) is 13.2 Å². The summed E-state index contributed by atoms with van der Waals surface area (Å²) < 4.78 is 25.0. The van der Waals surface area contributed by atoms with Gasteiger partial charge < -0.3 is 4.90 Å². The Bertz CT molecular complexity index is 683. The standard InChI is InChI=1S/C16H21Cl2NO3S/c1-11-5-7-19(8-6-11)16(20)12(2)23(21,22)10-13-3-4-14(17)15(18)9-13/h3-4,9,11-12H,5-8,10H2,1-2H3/t12-/m0/s1. The molecule has 1 aliphatic rings. The molecule has 1 aromatic rings. The highest BCUT2D eigenvalue weighted by Gasteiger charge is 2.33. The zero-order chi connectivity index (χ0) is 17.2. The lowest BCUT2D eigenvalue weighted by atomic mass is 9.99. The second-order valence-electron chi connectivity index (χ2n) is 6.21. The molecule has 0 spiro atoms. The van der Waals surface area contributed by atoms with E-state index in [1.165, 1.54) is 13.0 Å². The van der Waals surface area contributed by atoms with Crippen LogP contribution in [0.1, 0.15) is 32.3 Å². The van der Waals surface area contributed by atoms with Gasteiger partial charge in [-0.25, -0.2) is 8.42 Å². The highest BCUT2D eigenvalue weighted by molar-refractivity contribution is 7.92. The van der Waals surface area contributed by atoms with Gasteiger partial charge in [0, 0.05) is 13.1 Å². The predicted molar refractivity (Wildman–Crippen MR) is 93.5 cm³/mol. The summed E-state index contributed by atoms with van der Waals surface area (Å²) >= 11 is 11.8. The molecule has 1 aromatic carbocycles. The van der Waals surface area contributed by atoms with Crippen LogP contribution in [0.5, 0.6) is 0 Å². The van der Waals surface area contributed by atoms with E-state index in [4.69, 9.17) is 23.2 Å². The lowest BCUT2D eigenvalue weighted by Gasteiger charge is -2.32. The molecule has 4 nitrogen and oxygen atoms in total. The summed E-state index contributed by atoms with van der Waals surface area (Å²) in [4.78, 5) is 14.1. The average Bonchev–Trinajstić information content (AvgIpc) is 2.50. The van der Waals surface area contributed by atoms with E-state index < -0.39 is 15.1 Å². The Morgan fingerprint density at radius 2 is 1.87 bits per heavy atom. The zero-order valence-corrected chi connectivity index (χ0v) is 15.6. The minimum absolute atomic E-state index is 0.221. The van der Waals surface area contributed by atoms with Crippen LogP contribution in [0.2, 0.25) is 10.0 Å². The number of carbonyl (C=O) groups excluding carboxylic acids is 1. The van der Waals surface area contributed by atoms with Gasteiger partial charge in [-0.1, -0.05) is 36.2 Å². The fourth-order valence-electron chi connectivity index (χ4n) is 2.63. The number of carbonyl (C=O) groups is 1. The summed E-state index contributed by atoms with van der Waals surface area (Å²) in [5.74, 6) is 0.0558. The third kappa shape index (κ3) is 4.61. The maximum absolute atomic E-state index is 12.5. The summed E-state index contributed by atoms with van der Waals surface area (Å²) in [5.41, 5.74) is 0.534. The molecule has 0 bridgehead atoms. The number of likely N-dealkylation sites (tertiary alicyclic amines) is 1. The molecule has 0 saturated carbocycles. The first kappa shape index (κ1) is 18.6. The lowest BCUT2D eigenvalue weighted by Crippen LogP contribution is -2.45. The molecule has 1 fully saturated rings. The highest BCUT2D eigenvalue weighted by atomic mass is 35.5. The van der Waals surface area contributed by atoms with Crippen molar-refractivity contribution in [2.75, 3.05) is 13.1 Å². The van der Waals surface area contributed by atoms with E-state index in [0.717, 1.165) is 12.8 Å². The fraction of sp³-hybridized carbons (Fsp3) is 0.562. The maximum Gasteiger partial charge on any atom is 0.240 e. The van der Waals surface area contributed by atoms with Crippen LogP contribution >= 0.6 is 23.2 Å². The second kappa shape index (κ2) is 7.41. The average molecular weight is 378 g/mol. The Labute approximate surface area is 147 Å². The molecule has 0 unspecified atom stereocenters. The van der Waals surface area contributed by atoms with Crippen LogP contribution in [0, 0.1) is 5.92 Å². The van der Waals surface area contributed by atoms with Crippen molar-refractivity contribution in [1.29, 1.82) is 0 Å². The van der Waals surface area contributed by atoms with Gasteiger partial charge in [0.2, 0.25) is 5.91 Å². The summed E-state index contributed by atoms with van der Waals surface area (Å²) in [7, 11) is -3.60. The molecule has 1 atom stereocenters. The monoisotopic (exact) mass is 377 g/mol. The molecule has 1 saturated heterocycles. The molecule has 0 aromatic heterocycles. The molecule has 1 amide bonds. The van der Waals surface area contributed by atoms with Gasteiger partial charge in [-0.2, -0.15) is 0 Å². The SMILES string of the molecule is CC1CCN(C(=O)[C@H](C)S(=O)(=O)Cc2ccc(Cl)c(Cl)c2)CC1. The van der Waals surface area contributed by atoms with E-state index in [0.29, 0.717) is 34.6 Å². The number of halogens is 2. The van der Waals surface area contributed by atoms with Gasteiger partial charge in [-0.3, -0.25) is 4.79 Å². The molecule has 23 heavy (non-hydrogen) atoms. The number of sulfone groups is 1. The van der Waals surface area contributed by atoms with Crippen LogP contribution < -0.4 is 0 Å². The molecule has 1 aliphatic heterocycles. The van der Waals surface area contributed by atoms with Crippen molar-refractivity contribution in [3.8, 4) is 0 Å². The van der Waals surface area contributed by atoms with E-state index in [2.05, 4.69) is 6.92 Å². The summed E-state index contributed by atoms with van der Waals surface area (Å²) in [5, 5.41) is -0.367. The number of nitrogens with zero attached hydrogens (tertiary/aromatic N) is 1. The van der Waals surface area contributed by atoms with Crippen molar-refractivity contribution in [1.82, 2.24) is 4.90 Å². The third-order valence-corrected chi connectivity index (χ3v) is 7.09. The second-order valence-corrected chi connectivity index (χ2v) is 9.34. The molecular weight excluding hydrogens is 357 g/mol. The van der Waals surface area contributed by atoms with Crippen molar-refractivity contribution in [3.63, 3.8) is 0 Å². The minimum atomic E-state index is -3.60. The predicted octanol–water partition coefficient (Wildman–Crippen LogP) is 3.56. The van der Waals surface area contributed by atoms with Crippen LogP contribution in [-0.2, 0) is 20.4 Å². The normalized spacial score (nSPS) is 18.0. The van der Waals surface area contributed by atoms with E-state index >= 15 is 0 Å². The topological polar surface area (TPSA) is 54.5 Å². The summed E-state index contributed by atoms with van der Waals surface area (Å²) in [6.07, 6.45) is 1.84. The van der Waals surface area contributed by atoms with Gasteiger partial charge in [-0.05, 0) is 43.4 Å². The van der Waals surface area contributed by atoms with Gasteiger partial charge in [-0.15, -0.1) is 0 Å². The molecule has 128 valence electrons. The third-order valence-electron chi connectivity index (χ3n) is 4.33. The Morgan fingerprint density at radius 1 is 1.26 bits per heavy atom. The van der Waals surface area contributed by atoms with Crippen molar-refractivity contribution in [2.24, 2.45) is 5.92 Å². The van der Waals surface area contributed by atoms with Crippen molar-refractivity contribution in [2.45, 2.75) is 37.7 Å². The Hall–Kier alpha value is -0.780. The zero-order valence-electron chi connectivity index (χ0n) is 13.3. The van der Waals surface area contributed by atoms with Gasteiger partial charge in [0.15, 0.2) is 9.84 Å². The number of amides is 1. The Morgan fingerprint density at radius 3 is 2.43 bits per heavy atom. The molecular formula is C16H21Cl2NO3S. The van der Waals surface area contributed by atoms with E-state index in [1.807, 2.05) is 0 Å². The number of hydrogen-bond donors (Lipinski definition) is 0. The Balaban J connectivity index is 2.08.